The molecule has 0 radical (unpaired) electrons. The van der Waals surface area contributed by atoms with Crippen LogP contribution in [0, 0.1) is 5.41 Å². The van der Waals surface area contributed by atoms with E-state index in [1.54, 1.807) is 6.07 Å². The highest BCUT2D eigenvalue weighted by Crippen LogP contribution is 2.40. The van der Waals surface area contributed by atoms with Crippen LogP contribution in [-0.2, 0) is 4.74 Å². The highest BCUT2D eigenvalue weighted by molar-refractivity contribution is 5.91. The molecule has 2 aromatic rings. The minimum Gasteiger partial charge on any atom is -0.507 e. The zero-order valence-electron chi connectivity index (χ0n) is 11.5. The lowest BCUT2D eigenvalue weighted by molar-refractivity contribution is 0.0391. The molecule has 0 unspecified atom stereocenters. The zero-order chi connectivity index (χ0) is 14.3. The van der Waals surface area contributed by atoms with Crippen LogP contribution in [0.2, 0.25) is 0 Å². The van der Waals surface area contributed by atoms with Crippen LogP contribution in [0.3, 0.4) is 0 Å². The maximum atomic E-state index is 11.6. The first kappa shape index (κ1) is 12.8. The van der Waals surface area contributed by atoms with Gasteiger partial charge in [0.25, 0.3) is 0 Å². The second-order valence-corrected chi connectivity index (χ2v) is 5.86. The SMILES string of the molecule is CC1(C)COC(=O)N[C@H]1c1ccc(O)c2ccccc12. The molecule has 0 spiro atoms. The molecule has 20 heavy (non-hydrogen) atoms. The number of aromatic hydroxyl groups is 1. The Bertz CT molecular complexity index is 678. The van der Waals surface area contributed by atoms with Crippen LogP contribution < -0.4 is 5.32 Å². The normalized spacial score (nSPS) is 21.3. The minimum absolute atomic E-state index is 0.144. The fraction of sp³-hybridized carbons (Fsp3) is 0.312. The van der Waals surface area contributed by atoms with E-state index in [2.05, 4.69) is 19.2 Å². The van der Waals surface area contributed by atoms with Crippen LogP contribution in [0.5, 0.6) is 5.75 Å². The monoisotopic (exact) mass is 271 g/mol. The number of hydrogen-bond donors (Lipinski definition) is 2. The highest BCUT2D eigenvalue weighted by Gasteiger charge is 2.38. The van der Waals surface area contributed by atoms with Crippen molar-refractivity contribution in [1.29, 1.82) is 0 Å². The van der Waals surface area contributed by atoms with Crippen molar-refractivity contribution in [3.63, 3.8) is 0 Å². The summed E-state index contributed by atoms with van der Waals surface area (Å²) >= 11 is 0. The summed E-state index contributed by atoms with van der Waals surface area (Å²) in [5.41, 5.74) is 0.785. The molecule has 1 fully saturated rings. The first-order valence-corrected chi connectivity index (χ1v) is 6.63. The van der Waals surface area contributed by atoms with E-state index in [4.69, 9.17) is 4.74 Å². The molecule has 104 valence electrons. The van der Waals surface area contributed by atoms with E-state index < -0.39 is 6.09 Å². The molecule has 0 aromatic heterocycles. The number of fused-ring (bicyclic) bond motifs is 1. The topological polar surface area (TPSA) is 58.6 Å². The number of rotatable bonds is 1. The standard InChI is InChI=1S/C16H17NO3/c1-16(2)9-20-15(19)17-14(16)12-7-8-13(18)11-6-4-3-5-10(11)12/h3-8,14,18H,9H2,1-2H3,(H,17,19)/t14-/m0/s1. The maximum Gasteiger partial charge on any atom is 0.407 e. The first-order chi connectivity index (χ1) is 9.49. The Hall–Kier alpha value is -2.23. The first-order valence-electron chi connectivity index (χ1n) is 6.63. The summed E-state index contributed by atoms with van der Waals surface area (Å²) in [5, 5.41) is 14.6. The van der Waals surface area contributed by atoms with Crippen LogP contribution in [0.1, 0.15) is 25.5 Å². The third-order valence-corrected chi connectivity index (χ3v) is 3.86. The molecule has 1 aliphatic heterocycles. The van der Waals surface area contributed by atoms with Crippen LogP contribution in [0.25, 0.3) is 10.8 Å². The molecule has 1 heterocycles. The molecule has 0 saturated carbocycles. The third-order valence-electron chi connectivity index (χ3n) is 3.86. The number of phenolic OH excluding ortho intramolecular Hbond substituents is 1. The quantitative estimate of drug-likeness (QED) is 0.836. The fourth-order valence-electron chi connectivity index (χ4n) is 2.75. The Morgan fingerprint density at radius 1 is 1.20 bits per heavy atom. The molecular weight excluding hydrogens is 254 g/mol. The summed E-state index contributed by atoms with van der Waals surface area (Å²) in [6.07, 6.45) is -0.397. The van der Waals surface area contributed by atoms with E-state index in [1.807, 2.05) is 30.3 Å². The van der Waals surface area contributed by atoms with Gasteiger partial charge in [0.1, 0.15) is 12.4 Å². The van der Waals surface area contributed by atoms with Crippen molar-refractivity contribution in [3.8, 4) is 5.75 Å². The van der Waals surface area contributed by atoms with Gasteiger partial charge >= 0.3 is 6.09 Å². The summed E-state index contributed by atoms with van der Waals surface area (Å²) < 4.78 is 5.08. The van der Waals surface area contributed by atoms with Crippen molar-refractivity contribution in [1.82, 2.24) is 5.32 Å². The molecule has 0 aliphatic carbocycles. The molecule has 1 amide bonds. The number of carbonyl (C=O) groups excluding carboxylic acids is 1. The molecule has 4 nitrogen and oxygen atoms in total. The third kappa shape index (κ3) is 1.97. The predicted octanol–water partition coefficient (Wildman–Crippen LogP) is 3.35. The van der Waals surface area contributed by atoms with Crippen molar-refractivity contribution < 1.29 is 14.6 Å². The number of nitrogens with one attached hydrogen (secondary N) is 1. The molecule has 1 aliphatic rings. The van der Waals surface area contributed by atoms with Crippen LogP contribution >= 0.6 is 0 Å². The molecule has 1 atom stereocenters. The number of cyclic esters (lactones) is 1. The van der Waals surface area contributed by atoms with E-state index in [0.29, 0.717) is 6.61 Å². The van der Waals surface area contributed by atoms with Crippen molar-refractivity contribution >= 4 is 16.9 Å². The number of amides is 1. The van der Waals surface area contributed by atoms with Crippen molar-refractivity contribution in [2.75, 3.05) is 6.61 Å². The Morgan fingerprint density at radius 3 is 2.65 bits per heavy atom. The van der Waals surface area contributed by atoms with Crippen molar-refractivity contribution in [3.05, 3.63) is 42.0 Å². The number of alkyl carbamates (subject to hydrolysis) is 1. The molecule has 1 saturated heterocycles. The lowest BCUT2D eigenvalue weighted by Crippen LogP contribution is -2.47. The van der Waals surface area contributed by atoms with Gasteiger partial charge in [-0.25, -0.2) is 4.79 Å². The van der Waals surface area contributed by atoms with Gasteiger partial charge in [0.15, 0.2) is 0 Å². The predicted molar refractivity (Wildman–Crippen MR) is 76.6 cm³/mol. The van der Waals surface area contributed by atoms with E-state index in [9.17, 15) is 9.90 Å². The van der Waals surface area contributed by atoms with Gasteiger partial charge < -0.3 is 15.2 Å². The van der Waals surface area contributed by atoms with Gasteiger partial charge in [-0.05, 0) is 17.0 Å². The summed E-state index contributed by atoms with van der Waals surface area (Å²) in [6, 6.07) is 11.1. The van der Waals surface area contributed by atoms with Gasteiger partial charge in [0.05, 0.1) is 6.04 Å². The maximum absolute atomic E-state index is 11.6. The van der Waals surface area contributed by atoms with Crippen LogP contribution in [-0.4, -0.2) is 17.8 Å². The Labute approximate surface area is 117 Å². The summed E-state index contributed by atoms with van der Waals surface area (Å²) in [4.78, 5) is 11.6. The van der Waals surface area contributed by atoms with Crippen molar-refractivity contribution in [2.24, 2.45) is 5.41 Å². The van der Waals surface area contributed by atoms with Gasteiger partial charge in [0.2, 0.25) is 0 Å². The van der Waals surface area contributed by atoms with Gasteiger partial charge in [-0.15, -0.1) is 0 Å². The second kappa shape index (κ2) is 4.40. The molecule has 3 rings (SSSR count). The number of benzene rings is 2. The number of ether oxygens (including phenoxy) is 1. The lowest BCUT2D eigenvalue weighted by atomic mass is 9.79. The van der Waals surface area contributed by atoms with Gasteiger partial charge in [0, 0.05) is 10.8 Å². The molecule has 2 aromatic carbocycles. The van der Waals surface area contributed by atoms with Crippen LogP contribution in [0.4, 0.5) is 4.79 Å². The van der Waals surface area contributed by atoms with E-state index in [-0.39, 0.29) is 17.2 Å². The Balaban J connectivity index is 2.18. The molecule has 4 heteroatoms. The minimum atomic E-state index is -0.397. The highest BCUT2D eigenvalue weighted by atomic mass is 16.6. The van der Waals surface area contributed by atoms with E-state index in [1.165, 1.54) is 0 Å². The van der Waals surface area contributed by atoms with Gasteiger partial charge in [-0.2, -0.15) is 0 Å². The van der Waals surface area contributed by atoms with E-state index >= 15 is 0 Å². The zero-order valence-corrected chi connectivity index (χ0v) is 11.5. The summed E-state index contributed by atoms with van der Waals surface area (Å²) in [6.45, 7) is 4.48. The molecular formula is C16H17NO3. The average molecular weight is 271 g/mol. The second-order valence-electron chi connectivity index (χ2n) is 5.86. The summed E-state index contributed by atoms with van der Waals surface area (Å²) in [7, 11) is 0. The number of phenols is 1. The number of carbonyl (C=O) groups is 1. The average Bonchev–Trinajstić information content (AvgIpc) is 2.43. The Kier molecular flexibility index (Phi) is 2.82. The van der Waals surface area contributed by atoms with Gasteiger partial charge in [-0.1, -0.05) is 44.2 Å². The smallest absolute Gasteiger partial charge is 0.407 e. The lowest BCUT2D eigenvalue weighted by Gasteiger charge is -2.39. The van der Waals surface area contributed by atoms with Crippen molar-refractivity contribution in [2.45, 2.75) is 19.9 Å². The van der Waals surface area contributed by atoms with Gasteiger partial charge in [-0.3, -0.25) is 0 Å². The Morgan fingerprint density at radius 2 is 1.90 bits per heavy atom. The number of hydrogen-bond acceptors (Lipinski definition) is 3. The molecule has 2 N–H and O–H groups in total. The fourth-order valence-corrected chi connectivity index (χ4v) is 2.75. The van der Waals surface area contributed by atoms with E-state index in [0.717, 1.165) is 16.3 Å². The van der Waals surface area contributed by atoms with Crippen LogP contribution in [0.15, 0.2) is 36.4 Å². The largest absolute Gasteiger partial charge is 0.507 e. The molecule has 0 bridgehead atoms. The summed E-state index contributed by atoms with van der Waals surface area (Å²) in [5.74, 6) is 0.251.